The van der Waals surface area contributed by atoms with E-state index in [1.165, 1.54) is 0 Å². The summed E-state index contributed by atoms with van der Waals surface area (Å²) in [6.45, 7) is 0.148. The molecule has 0 spiro atoms. The summed E-state index contributed by atoms with van der Waals surface area (Å²) in [5, 5.41) is 21.1. The first-order valence-corrected chi connectivity index (χ1v) is 17.6. The summed E-state index contributed by atoms with van der Waals surface area (Å²) < 4.78 is 0. The number of carbonyl (C=O) groups excluding carboxylic acids is 5. The first kappa shape index (κ1) is 40.4. The molecule has 0 aliphatic carbocycles. The molecule has 0 unspecified atom stereocenters. The van der Waals surface area contributed by atoms with Crippen molar-refractivity contribution >= 4 is 58.0 Å². The standard InChI is InChI=1S/C38H43ClN10O5/c39-26-14-12-24(13-15-26)20-31(46-33(50)16-17-40)36(53)49-32(19-23-7-2-1-3-8-23)37(54)47-29(11-6-18-44-38(42)43)35(52)48-30(34(41)51)21-25-22-45-28-10-5-4-9-27(25)28/h1-5,7-10,12-15,22,29-32,45H,6,11,16,18-21H2,(H2,41,51)(H,46,50)(H,47,54)(H,48,52)(H,49,53)(H4,42,43,44)/t29-,30-,31-,32+/m0/s1. The Bertz CT molecular complexity index is 1990. The summed E-state index contributed by atoms with van der Waals surface area (Å²) in [5.41, 5.74) is 19.6. The highest BCUT2D eigenvalue weighted by atomic mass is 35.5. The van der Waals surface area contributed by atoms with Gasteiger partial charge in [-0.05, 0) is 47.7 Å². The van der Waals surface area contributed by atoms with Gasteiger partial charge in [0, 0.05) is 47.9 Å². The molecule has 0 saturated carbocycles. The van der Waals surface area contributed by atoms with Gasteiger partial charge in [0.15, 0.2) is 5.96 Å². The molecular weight excluding hydrogens is 712 g/mol. The Morgan fingerprint density at radius 2 is 1.30 bits per heavy atom. The topological polar surface area (TPSA) is 263 Å². The van der Waals surface area contributed by atoms with Gasteiger partial charge >= 0.3 is 0 Å². The summed E-state index contributed by atoms with van der Waals surface area (Å²) in [6.07, 6.45) is 1.71. The summed E-state index contributed by atoms with van der Waals surface area (Å²) in [7, 11) is 0. The van der Waals surface area contributed by atoms with Gasteiger partial charge in [-0.2, -0.15) is 5.26 Å². The summed E-state index contributed by atoms with van der Waals surface area (Å²) in [6, 6.07) is 20.0. The average Bonchev–Trinajstić information content (AvgIpc) is 3.55. The predicted octanol–water partition coefficient (Wildman–Crippen LogP) is 1.24. The molecular formula is C38H43ClN10O5. The monoisotopic (exact) mass is 754 g/mol. The molecule has 0 aliphatic rings. The van der Waals surface area contributed by atoms with Gasteiger partial charge in [0.2, 0.25) is 29.5 Å². The normalized spacial score (nSPS) is 13.0. The average molecular weight is 755 g/mol. The van der Waals surface area contributed by atoms with Crippen LogP contribution in [0.3, 0.4) is 0 Å². The third-order valence-corrected chi connectivity index (χ3v) is 8.75. The molecule has 0 radical (unpaired) electrons. The van der Waals surface area contributed by atoms with E-state index in [0.29, 0.717) is 16.1 Å². The number of hydrogen-bond acceptors (Lipinski definition) is 7. The molecule has 3 aromatic carbocycles. The van der Waals surface area contributed by atoms with Crippen LogP contribution in [0.5, 0.6) is 0 Å². The number of guanidine groups is 1. The van der Waals surface area contributed by atoms with E-state index in [0.717, 1.165) is 16.5 Å². The van der Waals surface area contributed by atoms with Crippen molar-refractivity contribution in [1.82, 2.24) is 26.3 Å². The molecule has 4 atom stereocenters. The van der Waals surface area contributed by atoms with Crippen LogP contribution >= 0.6 is 11.6 Å². The maximum absolute atomic E-state index is 14.1. The van der Waals surface area contributed by atoms with Gasteiger partial charge in [-0.25, -0.2) is 0 Å². The molecule has 0 saturated heterocycles. The number of aromatic amines is 1. The number of amides is 5. The fourth-order valence-electron chi connectivity index (χ4n) is 5.77. The Morgan fingerprint density at radius 3 is 1.94 bits per heavy atom. The molecule has 11 N–H and O–H groups in total. The van der Waals surface area contributed by atoms with Gasteiger partial charge in [0.25, 0.3) is 0 Å². The zero-order chi connectivity index (χ0) is 39.0. The molecule has 1 aromatic heterocycles. The van der Waals surface area contributed by atoms with Crippen molar-refractivity contribution in [3.8, 4) is 6.07 Å². The van der Waals surface area contributed by atoms with E-state index in [4.69, 9.17) is 34.1 Å². The number of hydrogen-bond donors (Lipinski definition) is 8. The number of fused-ring (bicyclic) bond motifs is 1. The van der Waals surface area contributed by atoms with Gasteiger partial charge in [-0.3, -0.25) is 29.0 Å². The predicted molar refractivity (Wildman–Crippen MR) is 204 cm³/mol. The van der Waals surface area contributed by atoms with Gasteiger partial charge in [-0.1, -0.05) is 72.3 Å². The molecule has 15 nitrogen and oxygen atoms in total. The van der Waals surface area contributed by atoms with E-state index >= 15 is 0 Å². The Kier molecular flexibility index (Phi) is 15.0. The second-order valence-electron chi connectivity index (χ2n) is 12.6. The minimum atomic E-state index is -1.23. The third-order valence-electron chi connectivity index (χ3n) is 8.50. The lowest BCUT2D eigenvalue weighted by atomic mass is 10.0. The Labute approximate surface area is 317 Å². The van der Waals surface area contributed by atoms with Gasteiger partial charge in [-0.15, -0.1) is 0 Å². The molecule has 54 heavy (non-hydrogen) atoms. The van der Waals surface area contributed by atoms with Crippen molar-refractivity contribution in [3.05, 3.63) is 107 Å². The van der Waals surface area contributed by atoms with Crippen LogP contribution in [0.1, 0.15) is 36.0 Å². The van der Waals surface area contributed by atoms with Crippen LogP contribution in [0.25, 0.3) is 10.9 Å². The first-order valence-electron chi connectivity index (χ1n) is 17.2. The van der Waals surface area contributed by atoms with Gasteiger partial charge in [0.1, 0.15) is 30.6 Å². The number of aromatic nitrogens is 1. The highest BCUT2D eigenvalue weighted by Gasteiger charge is 2.31. The largest absolute Gasteiger partial charge is 0.370 e. The number of nitrogens with one attached hydrogen (secondary N) is 5. The van der Waals surface area contributed by atoms with Gasteiger partial charge < -0.3 is 43.5 Å². The Balaban J connectivity index is 1.58. The van der Waals surface area contributed by atoms with Crippen LogP contribution < -0.4 is 38.5 Å². The molecule has 4 aromatic rings. The van der Waals surface area contributed by atoms with Crippen LogP contribution in [0, 0.1) is 11.3 Å². The number of nitrogens with zero attached hydrogens (tertiary/aromatic N) is 2. The Hall–Kier alpha value is -6.40. The quantitative estimate of drug-likeness (QED) is 0.0391. The van der Waals surface area contributed by atoms with Crippen LogP contribution in [0.15, 0.2) is 90.1 Å². The smallest absolute Gasteiger partial charge is 0.243 e. The molecule has 0 aliphatic heterocycles. The molecule has 5 amide bonds. The van der Waals surface area contributed by atoms with E-state index < -0.39 is 60.1 Å². The highest BCUT2D eigenvalue weighted by molar-refractivity contribution is 6.30. The van der Waals surface area contributed by atoms with E-state index in [1.807, 2.05) is 24.3 Å². The van der Waals surface area contributed by atoms with E-state index in [9.17, 15) is 24.0 Å². The number of benzene rings is 3. The minimum Gasteiger partial charge on any atom is -0.370 e. The van der Waals surface area contributed by atoms with Crippen molar-refractivity contribution in [2.45, 2.75) is 62.7 Å². The maximum Gasteiger partial charge on any atom is 0.243 e. The molecule has 282 valence electrons. The second-order valence-corrected chi connectivity index (χ2v) is 13.0. The highest BCUT2D eigenvalue weighted by Crippen LogP contribution is 2.19. The summed E-state index contributed by atoms with van der Waals surface area (Å²) >= 11 is 6.03. The zero-order valence-electron chi connectivity index (χ0n) is 29.4. The first-order chi connectivity index (χ1) is 25.9. The molecule has 4 rings (SSSR count). The minimum absolute atomic E-state index is 0.0189. The van der Waals surface area contributed by atoms with Crippen LogP contribution in [0.2, 0.25) is 5.02 Å². The molecule has 16 heteroatoms. The number of para-hydroxylation sites is 1. The second kappa shape index (κ2) is 20.0. The van der Waals surface area contributed by atoms with Crippen molar-refractivity contribution in [2.24, 2.45) is 22.2 Å². The van der Waals surface area contributed by atoms with Gasteiger partial charge in [0.05, 0.1) is 6.07 Å². The van der Waals surface area contributed by atoms with E-state index in [1.54, 1.807) is 66.9 Å². The van der Waals surface area contributed by atoms with E-state index in [-0.39, 0.29) is 44.6 Å². The lowest BCUT2D eigenvalue weighted by Crippen LogP contribution is -2.59. The van der Waals surface area contributed by atoms with Crippen LogP contribution in [-0.4, -0.2) is 71.2 Å². The number of nitrogens with two attached hydrogens (primary N) is 3. The summed E-state index contributed by atoms with van der Waals surface area (Å²) in [5.74, 6) is -3.70. The Morgan fingerprint density at radius 1 is 0.722 bits per heavy atom. The van der Waals surface area contributed by atoms with Crippen molar-refractivity contribution in [1.29, 1.82) is 5.26 Å². The fraction of sp³-hybridized carbons (Fsp3) is 0.289. The molecule has 0 bridgehead atoms. The molecule has 0 fully saturated rings. The van der Waals surface area contributed by atoms with Crippen molar-refractivity contribution < 1.29 is 24.0 Å². The lowest BCUT2D eigenvalue weighted by Gasteiger charge is -2.26. The zero-order valence-corrected chi connectivity index (χ0v) is 30.1. The number of primary amides is 1. The van der Waals surface area contributed by atoms with Crippen LogP contribution in [0.4, 0.5) is 0 Å². The maximum atomic E-state index is 14.1. The number of carbonyl (C=O) groups is 5. The molecule has 1 heterocycles. The van der Waals surface area contributed by atoms with Crippen molar-refractivity contribution in [2.75, 3.05) is 6.54 Å². The number of nitriles is 1. The number of rotatable bonds is 19. The summed E-state index contributed by atoms with van der Waals surface area (Å²) in [4.78, 5) is 73.9. The number of halogens is 1. The number of aliphatic imine (C=N–C) groups is 1. The fourth-order valence-corrected chi connectivity index (χ4v) is 5.90. The van der Waals surface area contributed by atoms with Crippen LogP contribution in [-0.2, 0) is 43.2 Å². The number of H-pyrrole nitrogens is 1. The third kappa shape index (κ3) is 12.4. The van der Waals surface area contributed by atoms with Crippen molar-refractivity contribution in [3.63, 3.8) is 0 Å². The van der Waals surface area contributed by atoms with E-state index in [2.05, 4.69) is 31.2 Å². The SMILES string of the molecule is N#CCC(=O)N[C@@H](Cc1ccc(Cl)cc1)C(=O)N[C@H](Cc1ccccc1)C(=O)N[C@@H](CCCN=C(N)N)C(=O)N[C@@H](Cc1c[nH]c2ccccc12)C(N)=O. The lowest BCUT2D eigenvalue weighted by molar-refractivity contribution is -0.134.